The van der Waals surface area contributed by atoms with E-state index < -0.39 is 30.3 Å². The average Bonchev–Trinajstić information content (AvgIpc) is 2.35. The van der Waals surface area contributed by atoms with Gasteiger partial charge in [0.05, 0.1) is 26.2 Å². The summed E-state index contributed by atoms with van der Waals surface area (Å²) in [5.41, 5.74) is 0. The minimum Gasteiger partial charge on any atom is -0.480 e. The first-order valence-electron chi connectivity index (χ1n) is 6.78. The molecule has 2 amide bonds. The molecule has 1 aliphatic rings. The summed E-state index contributed by atoms with van der Waals surface area (Å²) in [6, 6.07) is 0. The van der Waals surface area contributed by atoms with Gasteiger partial charge in [-0.05, 0) is 0 Å². The molecule has 10 nitrogen and oxygen atoms in total. The van der Waals surface area contributed by atoms with Crippen molar-refractivity contribution in [3.63, 3.8) is 0 Å². The predicted molar refractivity (Wildman–Crippen MR) is 74.2 cm³/mol. The summed E-state index contributed by atoms with van der Waals surface area (Å²) >= 11 is 0. The summed E-state index contributed by atoms with van der Waals surface area (Å²) in [6.45, 7) is 0.141. The second-order valence-corrected chi connectivity index (χ2v) is 4.91. The Kier molecular flexibility index (Phi) is 7.26. The second-order valence-electron chi connectivity index (χ2n) is 4.91. The zero-order valence-corrected chi connectivity index (χ0v) is 12.1. The molecule has 0 aromatic rings. The lowest BCUT2D eigenvalue weighted by atomic mass is 10.3. The van der Waals surface area contributed by atoms with Gasteiger partial charge < -0.3 is 20.8 Å². The third-order valence-corrected chi connectivity index (χ3v) is 2.95. The van der Waals surface area contributed by atoms with Crippen LogP contribution in [0.3, 0.4) is 0 Å². The molecule has 0 unspecified atom stereocenters. The Morgan fingerprint density at radius 2 is 1.27 bits per heavy atom. The van der Waals surface area contributed by atoms with Crippen molar-refractivity contribution in [2.45, 2.75) is 0 Å². The van der Waals surface area contributed by atoms with Crippen molar-refractivity contribution in [1.29, 1.82) is 0 Å². The van der Waals surface area contributed by atoms with Gasteiger partial charge in [0.25, 0.3) is 0 Å². The SMILES string of the molecule is O=C(O)CN1CCNC(=O)CN(CC(=O)O)CC(=O)NCC1. The first-order chi connectivity index (χ1) is 10.4. The Bertz CT molecular complexity index is 417. The number of carboxylic acids is 2. The smallest absolute Gasteiger partial charge is 0.317 e. The molecule has 0 saturated carbocycles. The van der Waals surface area contributed by atoms with Gasteiger partial charge in [0.1, 0.15) is 0 Å². The van der Waals surface area contributed by atoms with Crippen molar-refractivity contribution < 1.29 is 29.4 Å². The van der Waals surface area contributed by atoms with Crippen LogP contribution in [0.25, 0.3) is 0 Å². The molecule has 124 valence electrons. The highest BCUT2D eigenvalue weighted by Crippen LogP contribution is 1.92. The van der Waals surface area contributed by atoms with Crippen LogP contribution in [0.15, 0.2) is 0 Å². The maximum atomic E-state index is 11.7. The monoisotopic (exact) mass is 316 g/mol. The van der Waals surface area contributed by atoms with E-state index in [4.69, 9.17) is 10.2 Å². The van der Waals surface area contributed by atoms with Gasteiger partial charge in [-0.15, -0.1) is 0 Å². The number of carbonyl (C=O) groups is 4. The van der Waals surface area contributed by atoms with Crippen molar-refractivity contribution >= 4 is 23.8 Å². The van der Waals surface area contributed by atoms with Gasteiger partial charge in [0.2, 0.25) is 11.8 Å². The number of hydrogen-bond donors (Lipinski definition) is 4. The minimum atomic E-state index is -1.12. The third-order valence-electron chi connectivity index (χ3n) is 2.95. The van der Waals surface area contributed by atoms with Gasteiger partial charge >= 0.3 is 11.9 Å². The topological polar surface area (TPSA) is 139 Å². The second kappa shape index (κ2) is 8.95. The third kappa shape index (κ3) is 7.55. The van der Waals surface area contributed by atoms with Crippen molar-refractivity contribution in [2.24, 2.45) is 0 Å². The number of amides is 2. The fourth-order valence-electron chi connectivity index (χ4n) is 2.05. The molecule has 0 spiro atoms. The van der Waals surface area contributed by atoms with Gasteiger partial charge in [-0.2, -0.15) is 0 Å². The van der Waals surface area contributed by atoms with Crippen molar-refractivity contribution in [2.75, 3.05) is 52.4 Å². The van der Waals surface area contributed by atoms with E-state index in [1.54, 1.807) is 4.90 Å². The van der Waals surface area contributed by atoms with Crippen LogP contribution in [0.1, 0.15) is 0 Å². The van der Waals surface area contributed by atoms with Crippen molar-refractivity contribution in [3.8, 4) is 0 Å². The van der Waals surface area contributed by atoms with Crippen LogP contribution >= 0.6 is 0 Å². The van der Waals surface area contributed by atoms with Gasteiger partial charge in [-0.3, -0.25) is 29.0 Å². The molecule has 4 N–H and O–H groups in total. The van der Waals surface area contributed by atoms with E-state index in [0.29, 0.717) is 13.1 Å². The van der Waals surface area contributed by atoms with E-state index in [2.05, 4.69) is 10.6 Å². The molecule has 0 aromatic carbocycles. The number of aliphatic carboxylic acids is 2. The molecular formula is C12H20N4O6. The predicted octanol–water partition coefficient (Wildman–Crippen LogP) is -2.99. The highest BCUT2D eigenvalue weighted by molar-refractivity contribution is 5.82. The van der Waals surface area contributed by atoms with E-state index in [0.717, 1.165) is 0 Å². The lowest BCUT2D eigenvalue weighted by Gasteiger charge is -2.24. The van der Waals surface area contributed by atoms with Crippen LogP contribution < -0.4 is 10.6 Å². The molecular weight excluding hydrogens is 296 g/mol. The molecule has 1 saturated heterocycles. The molecule has 22 heavy (non-hydrogen) atoms. The highest BCUT2D eigenvalue weighted by atomic mass is 16.4. The molecule has 10 heteroatoms. The largest absolute Gasteiger partial charge is 0.480 e. The first kappa shape index (κ1) is 17.9. The summed E-state index contributed by atoms with van der Waals surface area (Å²) in [7, 11) is 0. The van der Waals surface area contributed by atoms with Crippen molar-refractivity contribution in [1.82, 2.24) is 20.4 Å². The Hall–Kier alpha value is -2.20. The Labute approximate surface area is 127 Å². The average molecular weight is 316 g/mol. The van der Waals surface area contributed by atoms with Crippen LogP contribution in [0.4, 0.5) is 0 Å². The molecule has 0 bridgehead atoms. The molecule has 1 aliphatic heterocycles. The number of rotatable bonds is 4. The molecule has 1 rings (SSSR count). The summed E-state index contributed by atoms with van der Waals surface area (Å²) in [5, 5.41) is 22.7. The van der Waals surface area contributed by atoms with E-state index in [9.17, 15) is 19.2 Å². The molecule has 0 radical (unpaired) electrons. The summed E-state index contributed by atoms with van der Waals surface area (Å²) in [6.07, 6.45) is 0. The molecule has 0 aliphatic carbocycles. The number of nitrogens with zero attached hydrogens (tertiary/aromatic N) is 2. The zero-order valence-electron chi connectivity index (χ0n) is 12.1. The Morgan fingerprint density at radius 3 is 1.68 bits per heavy atom. The lowest BCUT2D eigenvalue weighted by molar-refractivity contribution is -0.139. The van der Waals surface area contributed by atoms with Crippen LogP contribution in [0, 0.1) is 0 Å². The Morgan fingerprint density at radius 1 is 0.864 bits per heavy atom. The van der Waals surface area contributed by atoms with Crippen LogP contribution in [-0.2, 0) is 19.2 Å². The molecule has 1 fully saturated rings. The zero-order chi connectivity index (χ0) is 16.5. The number of nitrogens with one attached hydrogen (secondary N) is 2. The van der Waals surface area contributed by atoms with E-state index in [1.165, 1.54) is 4.90 Å². The maximum Gasteiger partial charge on any atom is 0.317 e. The van der Waals surface area contributed by atoms with Gasteiger partial charge in [0.15, 0.2) is 0 Å². The standard InChI is InChI=1S/C12H20N4O6/c17-9-5-16(8-12(21)22)6-10(18)14-2-4-15(3-1-13-9)7-11(19)20/h1-8H2,(H,13,17)(H,14,18)(H,19,20)(H,21,22). The van der Waals surface area contributed by atoms with Gasteiger partial charge in [-0.25, -0.2) is 0 Å². The van der Waals surface area contributed by atoms with Gasteiger partial charge in [0, 0.05) is 26.2 Å². The summed E-state index contributed by atoms with van der Waals surface area (Å²) in [4.78, 5) is 47.7. The van der Waals surface area contributed by atoms with Crippen molar-refractivity contribution in [3.05, 3.63) is 0 Å². The quantitative estimate of drug-likeness (QED) is 0.430. The molecule has 1 heterocycles. The highest BCUT2D eigenvalue weighted by Gasteiger charge is 2.19. The van der Waals surface area contributed by atoms with Crippen LogP contribution in [-0.4, -0.2) is 96.1 Å². The Balaban J connectivity index is 2.64. The normalized spacial score (nSPS) is 19.5. The van der Waals surface area contributed by atoms with E-state index >= 15 is 0 Å². The first-order valence-corrected chi connectivity index (χ1v) is 6.78. The minimum absolute atomic E-state index is 0.184. The fourth-order valence-corrected chi connectivity index (χ4v) is 2.05. The lowest BCUT2D eigenvalue weighted by Crippen LogP contribution is -2.49. The maximum absolute atomic E-state index is 11.7. The summed E-state index contributed by atoms with van der Waals surface area (Å²) in [5.74, 6) is -2.94. The fraction of sp³-hybridized carbons (Fsp3) is 0.667. The molecule has 0 aromatic heterocycles. The molecule has 0 atom stereocenters. The van der Waals surface area contributed by atoms with Gasteiger partial charge in [-0.1, -0.05) is 0 Å². The number of hydrogen-bond acceptors (Lipinski definition) is 6. The van der Waals surface area contributed by atoms with Crippen LogP contribution in [0.5, 0.6) is 0 Å². The summed E-state index contributed by atoms with van der Waals surface area (Å²) < 4.78 is 0. The van der Waals surface area contributed by atoms with Crippen LogP contribution in [0.2, 0.25) is 0 Å². The number of carboxylic acid groups (broad SMARTS) is 2. The van der Waals surface area contributed by atoms with E-state index in [-0.39, 0.29) is 32.7 Å². The van der Waals surface area contributed by atoms with E-state index in [1.807, 2.05) is 0 Å². The number of carbonyl (C=O) groups excluding carboxylic acids is 2.